The summed E-state index contributed by atoms with van der Waals surface area (Å²) < 4.78 is 2.54. The minimum atomic E-state index is -0.366. The van der Waals surface area contributed by atoms with Crippen molar-refractivity contribution in [1.29, 1.82) is 0 Å². The number of hydrogen-bond acceptors (Lipinski definition) is 6. The van der Waals surface area contributed by atoms with Gasteiger partial charge in [0.05, 0.1) is 25.2 Å². The predicted octanol–water partition coefficient (Wildman–Crippen LogP) is 5.99. The summed E-state index contributed by atoms with van der Waals surface area (Å²) in [5.74, 6) is 0.649. The Balaban J connectivity index is 0.000000241. The topological polar surface area (TPSA) is 105 Å². The third-order valence-electron chi connectivity index (χ3n) is 8.58. The fourth-order valence-electron chi connectivity index (χ4n) is 5.26. The van der Waals surface area contributed by atoms with Gasteiger partial charge in [0.15, 0.2) is 0 Å². The highest BCUT2D eigenvalue weighted by molar-refractivity contribution is 8.07. The summed E-state index contributed by atoms with van der Waals surface area (Å²) in [6, 6.07) is 7.89. The first-order chi connectivity index (χ1) is 22.1. The van der Waals surface area contributed by atoms with Gasteiger partial charge >= 0.3 is 0 Å². The molecule has 1 aromatic heterocycles. The van der Waals surface area contributed by atoms with Crippen molar-refractivity contribution in [1.82, 2.24) is 25.6 Å². The smallest absolute Gasteiger partial charge is 0.243 e. The zero-order chi connectivity index (χ0) is 34.0. The molecule has 2 atom stereocenters. The lowest BCUT2D eigenvalue weighted by Gasteiger charge is -2.37. The Kier molecular flexibility index (Phi) is 17.7. The quantitative estimate of drug-likeness (QED) is 0.250. The van der Waals surface area contributed by atoms with Gasteiger partial charge in [0.25, 0.3) is 0 Å². The molecular weight excluding hydrogens is 598 g/mol. The average Bonchev–Trinajstić information content (AvgIpc) is 3.80. The van der Waals surface area contributed by atoms with Crippen molar-refractivity contribution in [2.45, 2.75) is 110 Å². The number of piperidine rings is 1. The van der Waals surface area contributed by atoms with E-state index < -0.39 is 0 Å². The predicted molar refractivity (Wildman–Crippen MR) is 192 cm³/mol. The number of hydrogen-bond donors (Lipinski definition) is 3. The van der Waals surface area contributed by atoms with Crippen LogP contribution in [-0.4, -0.2) is 77.2 Å². The highest BCUT2D eigenvalue weighted by atomic mass is 32.2. The molecule has 46 heavy (non-hydrogen) atoms. The molecule has 1 aromatic carbocycles. The minimum Gasteiger partial charge on any atom is -0.417 e. The molecule has 0 bridgehead atoms. The zero-order valence-electron chi connectivity index (χ0n) is 29.2. The lowest BCUT2D eigenvalue weighted by Crippen LogP contribution is -2.53. The summed E-state index contributed by atoms with van der Waals surface area (Å²) in [5.41, 5.74) is 3.09. The van der Waals surface area contributed by atoms with Crippen LogP contribution in [0, 0.1) is 6.92 Å². The molecular formula is C36H59N5O4S. The van der Waals surface area contributed by atoms with Gasteiger partial charge in [-0.15, -0.1) is 0 Å². The molecule has 10 heteroatoms. The van der Waals surface area contributed by atoms with Crippen LogP contribution in [0.5, 0.6) is 0 Å². The van der Waals surface area contributed by atoms with Crippen molar-refractivity contribution in [3.05, 3.63) is 48.3 Å². The molecule has 4 heterocycles. The fraction of sp³-hybridized carbons (Fsp3) is 0.639. The van der Waals surface area contributed by atoms with E-state index in [1.807, 2.05) is 29.3 Å². The van der Waals surface area contributed by atoms with Gasteiger partial charge in [0, 0.05) is 34.3 Å². The van der Waals surface area contributed by atoms with Crippen molar-refractivity contribution >= 4 is 40.4 Å². The van der Waals surface area contributed by atoms with Gasteiger partial charge in [-0.25, -0.2) is 0 Å². The number of nitrogens with one attached hydrogen (secondary N) is 3. The van der Waals surface area contributed by atoms with Crippen LogP contribution in [0.2, 0.25) is 0 Å². The number of amides is 3. The van der Waals surface area contributed by atoms with Crippen LogP contribution in [0.15, 0.2) is 42.7 Å². The van der Waals surface area contributed by atoms with Crippen molar-refractivity contribution in [3.8, 4) is 0 Å². The number of thioether (sulfide) groups is 1. The van der Waals surface area contributed by atoms with E-state index in [0.29, 0.717) is 6.54 Å². The molecule has 0 radical (unpaired) electrons. The van der Waals surface area contributed by atoms with Gasteiger partial charge < -0.3 is 25.7 Å². The first-order valence-electron chi connectivity index (χ1n) is 17.2. The number of rotatable bonds is 7. The molecule has 3 N–H and O–H groups in total. The fourth-order valence-corrected chi connectivity index (χ4v) is 6.31. The molecule has 2 unspecified atom stereocenters. The molecule has 258 valence electrons. The molecule has 3 aliphatic heterocycles. The van der Waals surface area contributed by atoms with E-state index in [-0.39, 0.29) is 36.9 Å². The van der Waals surface area contributed by atoms with Crippen LogP contribution in [0.25, 0.3) is 10.9 Å². The highest BCUT2D eigenvalue weighted by Gasteiger charge is 2.40. The van der Waals surface area contributed by atoms with Gasteiger partial charge in [0.2, 0.25) is 17.7 Å². The van der Waals surface area contributed by atoms with Crippen LogP contribution in [0.3, 0.4) is 0 Å². The molecule has 3 saturated heterocycles. The second-order valence-electron chi connectivity index (χ2n) is 12.2. The third kappa shape index (κ3) is 12.9. The number of aromatic nitrogens is 1. The van der Waals surface area contributed by atoms with Crippen LogP contribution >= 0.6 is 11.8 Å². The summed E-state index contributed by atoms with van der Waals surface area (Å²) in [7, 11) is 1.67. The first kappa shape index (κ1) is 39.0. The van der Waals surface area contributed by atoms with E-state index in [1.165, 1.54) is 61.6 Å². The Labute approximate surface area is 281 Å². The zero-order valence-corrected chi connectivity index (χ0v) is 30.0. The van der Waals surface area contributed by atoms with Crippen LogP contribution < -0.4 is 20.8 Å². The average molecular weight is 658 g/mol. The van der Waals surface area contributed by atoms with Gasteiger partial charge in [-0.3, -0.25) is 14.4 Å². The summed E-state index contributed by atoms with van der Waals surface area (Å²) in [4.78, 5) is 42.3. The lowest BCUT2D eigenvalue weighted by atomic mass is 10.0. The summed E-state index contributed by atoms with van der Waals surface area (Å²) in [6.07, 6.45) is 14.5. The van der Waals surface area contributed by atoms with E-state index in [1.54, 1.807) is 11.8 Å². The Morgan fingerprint density at radius 3 is 2.20 bits per heavy atom. The van der Waals surface area contributed by atoms with Crippen LogP contribution in [0.4, 0.5) is 0 Å². The molecule has 0 aliphatic carbocycles. The molecule has 3 amide bonds. The second-order valence-corrected chi connectivity index (χ2v) is 13.6. The van der Waals surface area contributed by atoms with E-state index in [2.05, 4.69) is 75.0 Å². The van der Waals surface area contributed by atoms with Crippen LogP contribution in [-0.2, 0) is 14.4 Å². The van der Waals surface area contributed by atoms with Gasteiger partial charge in [-0.2, -0.15) is 16.5 Å². The second kappa shape index (κ2) is 20.9. The highest BCUT2D eigenvalue weighted by Crippen LogP contribution is 2.50. The summed E-state index contributed by atoms with van der Waals surface area (Å²) in [5, 5.41) is 9.01. The normalized spacial score (nSPS) is 21.2. The Morgan fingerprint density at radius 2 is 1.59 bits per heavy atom. The molecule has 3 fully saturated rings. The number of benzene rings is 1. The molecule has 2 aromatic rings. The van der Waals surface area contributed by atoms with Gasteiger partial charge in [-0.05, 0) is 50.7 Å². The Bertz CT molecular complexity index is 1200. The number of fused-ring (bicyclic) bond motifs is 2. The lowest BCUT2D eigenvalue weighted by molar-refractivity contribution is -0.130. The number of carbonyl (C=O) groups is 3. The third-order valence-corrected chi connectivity index (χ3v) is 10.2. The van der Waals surface area contributed by atoms with E-state index in [0.717, 1.165) is 41.8 Å². The molecule has 3 aliphatic rings. The number of unbranched alkanes of at least 4 members (excludes halogenated alkanes) is 3. The number of carbonyl (C=O) groups excluding carboxylic acids is 3. The summed E-state index contributed by atoms with van der Waals surface area (Å²) >= 11 is 2.17. The molecule has 9 nitrogen and oxygen atoms in total. The van der Waals surface area contributed by atoms with E-state index in [4.69, 9.17) is 4.84 Å². The first-order valence-corrected chi connectivity index (χ1v) is 18.1. The monoisotopic (exact) mass is 657 g/mol. The minimum absolute atomic E-state index is 0.0919. The molecule has 0 saturated carbocycles. The molecule has 5 rings (SSSR count). The maximum Gasteiger partial charge on any atom is 0.243 e. The van der Waals surface area contributed by atoms with Gasteiger partial charge in [-0.1, -0.05) is 84.6 Å². The maximum atomic E-state index is 12.2. The van der Waals surface area contributed by atoms with Crippen molar-refractivity contribution in [2.24, 2.45) is 0 Å². The SMILES string of the molecule is C=C1CNC(=O)CNC(=O)CNC(=O)C2CCCCN12.CCCC.CCCCCC1(CC)CS1.COn1cc(C)c2ccccc21. The standard InChI is InChI=1S/C13H20N4O3.C10H11NO.C9H18S.C4H10/c1-9-6-14-11(18)7-15-12(19)8-16-13(20)10-4-2-3-5-17(9)10;1-8-7-11(12-2)10-6-4-3-5-9(8)10;1-3-5-6-7-9(4-2)8-10-9;1-3-4-2/h10H,1-8H2,(H,14,18)(H,15,19)(H,16,20);3-7H,1-2H3;3-8H2,1-2H3;3-4H2,1-2H3. The molecule has 0 spiro atoms. The van der Waals surface area contributed by atoms with Crippen LogP contribution in [0.1, 0.15) is 97.5 Å². The number of nitrogens with zero attached hydrogens (tertiary/aromatic N) is 2. The van der Waals surface area contributed by atoms with Crippen molar-refractivity contribution in [2.75, 3.05) is 39.0 Å². The Hall–Kier alpha value is -3.14. The van der Waals surface area contributed by atoms with Crippen molar-refractivity contribution in [3.63, 3.8) is 0 Å². The summed E-state index contributed by atoms with van der Waals surface area (Å²) in [6.45, 7) is 15.8. The van der Waals surface area contributed by atoms with E-state index in [9.17, 15) is 14.4 Å². The maximum absolute atomic E-state index is 12.2. The number of aryl methyl sites for hydroxylation is 1. The van der Waals surface area contributed by atoms with Gasteiger partial charge in [0.1, 0.15) is 13.2 Å². The Morgan fingerprint density at radius 1 is 0.935 bits per heavy atom. The number of para-hydroxylation sites is 1. The van der Waals surface area contributed by atoms with E-state index >= 15 is 0 Å². The van der Waals surface area contributed by atoms with Crippen molar-refractivity contribution < 1.29 is 19.2 Å². The largest absolute Gasteiger partial charge is 0.417 e.